The summed E-state index contributed by atoms with van der Waals surface area (Å²) in [5, 5.41) is 6.47. The van der Waals surface area contributed by atoms with Gasteiger partial charge in [0.2, 0.25) is 0 Å². The highest BCUT2D eigenvalue weighted by atomic mass is 79.9. The number of nitrogens with one attached hydrogen (secondary N) is 3. The minimum absolute atomic E-state index is 0.0155. The van der Waals surface area contributed by atoms with Crippen molar-refractivity contribution >= 4 is 50.2 Å². The third kappa shape index (κ3) is 5.45. The lowest BCUT2D eigenvalue weighted by molar-refractivity contribution is -0.137. The molecular weight excluding hydrogens is 484 g/mol. The minimum Gasteiger partial charge on any atom is -0.345 e. The summed E-state index contributed by atoms with van der Waals surface area (Å²) >= 11 is 3.44. The Morgan fingerprint density at radius 2 is 1.61 bits per heavy atom. The van der Waals surface area contributed by atoms with Crippen molar-refractivity contribution in [2.75, 3.05) is 10.7 Å². The van der Waals surface area contributed by atoms with Crippen LogP contribution in [-0.2, 0) is 9.59 Å². The number of aryl methyl sites for hydroxylation is 2. The summed E-state index contributed by atoms with van der Waals surface area (Å²) in [5.41, 5.74) is 6.18. The van der Waals surface area contributed by atoms with Crippen LogP contribution in [0.2, 0.25) is 0 Å². The fourth-order valence-corrected chi connectivity index (χ4v) is 4.74. The van der Waals surface area contributed by atoms with E-state index in [1.165, 1.54) is 4.68 Å². The van der Waals surface area contributed by atoms with Gasteiger partial charge in [-0.3, -0.25) is 19.8 Å². The lowest BCUT2D eigenvalue weighted by atomic mass is 9.95. The first kappa shape index (κ1) is 23.0. The monoisotopic (exact) mass is 510 g/mol. The first-order chi connectivity index (χ1) is 15.8. The van der Waals surface area contributed by atoms with Crippen molar-refractivity contribution in [2.45, 2.75) is 52.0 Å². The molecule has 33 heavy (non-hydrogen) atoms. The average molecular weight is 511 g/mol. The van der Waals surface area contributed by atoms with Gasteiger partial charge in [-0.2, -0.15) is 0 Å². The number of fused-ring (bicyclic) bond motifs is 1. The number of amides is 3. The van der Waals surface area contributed by atoms with E-state index in [0.717, 1.165) is 53.1 Å². The summed E-state index contributed by atoms with van der Waals surface area (Å²) in [7, 11) is 0. The van der Waals surface area contributed by atoms with Crippen molar-refractivity contribution in [3.05, 3.63) is 63.8 Å². The molecule has 1 aliphatic carbocycles. The van der Waals surface area contributed by atoms with Gasteiger partial charge in [0.15, 0.2) is 0 Å². The van der Waals surface area contributed by atoms with Crippen molar-refractivity contribution in [3.8, 4) is 0 Å². The van der Waals surface area contributed by atoms with E-state index in [-0.39, 0.29) is 17.6 Å². The molecule has 2 aromatic carbocycles. The topological polar surface area (TPSA) is 92.2 Å². The molecule has 7 nitrogen and oxygen atoms in total. The van der Waals surface area contributed by atoms with Crippen molar-refractivity contribution in [2.24, 2.45) is 0 Å². The first-order valence-electron chi connectivity index (χ1n) is 11.1. The number of carbonyl (C=O) groups excluding carboxylic acids is 3. The van der Waals surface area contributed by atoms with E-state index < -0.39 is 11.8 Å². The molecule has 0 unspecified atom stereocenters. The van der Waals surface area contributed by atoms with Crippen LogP contribution in [-0.4, -0.2) is 28.4 Å². The van der Waals surface area contributed by atoms with Crippen molar-refractivity contribution in [3.63, 3.8) is 0 Å². The Bertz CT molecular complexity index is 1210. The molecule has 0 saturated heterocycles. The summed E-state index contributed by atoms with van der Waals surface area (Å²) in [6.45, 7) is 3.92. The maximum Gasteiger partial charge on any atom is 0.328 e. The summed E-state index contributed by atoms with van der Waals surface area (Å²) in [6, 6.07) is 12.9. The van der Waals surface area contributed by atoms with Crippen LogP contribution in [0.3, 0.4) is 0 Å². The lowest BCUT2D eigenvalue weighted by Gasteiger charge is -2.22. The minimum atomic E-state index is -0.804. The Labute approximate surface area is 201 Å². The predicted octanol–water partition coefficient (Wildman–Crippen LogP) is 4.79. The van der Waals surface area contributed by atoms with Crippen LogP contribution in [0.1, 0.15) is 53.7 Å². The smallest absolute Gasteiger partial charge is 0.328 e. The second-order valence-corrected chi connectivity index (χ2v) is 9.56. The molecule has 0 bridgehead atoms. The second kappa shape index (κ2) is 9.79. The third-order valence-electron chi connectivity index (χ3n) is 5.84. The normalized spacial score (nSPS) is 14.2. The molecule has 3 amide bonds. The van der Waals surface area contributed by atoms with Crippen LogP contribution < -0.4 is 16.1 Å². The molecule has 3 N–H and O–H groups in total. The zero-order valence-corrected chi connectivity index (χ0v) is 20.3. The van der Waals surface area contributed by atoms with Gasteiger partial charge in [-0.05, 0) is 74.2 Å². The Balaban J connectivity index is 1.60. The van der Waals surface area contributed by atoms with Crippen LogP contribution in [0.4, 0.5) is 5.69 Å². The Hall–Kier alpha value is -3.13. The van der Waals surface area contributed by atoms with E-state index in [2.05, 4.69) is 32.0 Å². The maximum absolute atomic E-state index is 13.2. The van der Waals surface area contributed by atoms with E-state index in [4.69, 9.17) is 0 Å². The molecule has 3 aromatic rings. The highest BCUT2D eigenvalue weighted by Crippen LogP contribution is 2.24. The number of hydrogen-bond acceptors (Lipinski definition) is 3. The molecule has 1 fully saturated rings. The van der Waals surface area contributed by atoms with Gasteiger partial charge in [-0.15, -0.1) is 0 Å². The molecule has 4 rings (SSSR count). The molecule has 1 aromatic heterocycles. The lowest BCUT2D eigenvalue weighted by Crippen LogP contribution is -2.44. The van der Waals surface area contributed by atoms with Crippen LogP contribution >= 0.6 is 15.9 Å². The highest BCUT2D eigenvalue weighted by Gasteiger charge is 2.23. The van der Waals surface area contributed by atoms with Crippen molar-refractivity contribution < 1.29 is 14.4 Å². The molecule has 1 saturated carbocycles. The standard InChI is InChI=1S/C25H27BrN4O3/c1-15-10-16(2)12-20(11-15)28-23(31)22-14-17-13-18(26)8-9-21(17)30(22)29-25(33)24(32)27-19-6-4-3-5-7-19/h8-14,19H,3-7H2,1-2H3,(H,27,32)(H,28,31)(H,29,33). The Morgan fingerprint density at radius 1 is 0.909 bits per heavy atom. The molecule has 8 heteroatoms. The largest absolute Gasteiger partial charge is 0.345 e. The van der Waals surface area contributed by atoms with E-state index >= 15 is 0 Å². The molecule has 172 valence electrons. The number of anilines is 1. The number of nitrogens with zero attached hydrogens (tertiary/aromatic N) is 1. The van der Waals surface area contributed by atoms with Crippen molar-refractivity contribution in [1.29, 1.82) is 0 Å². The van der Waals surface area contributed by atoms with Gasteiger partial charge in [0, 0.05) is 21.6 Å². The summed E-state index contributed by atoms with van der Waals surface area (Å²) in [6.07, 6.45) is 5.01. The van der Waals surface area contributed by atoms with Gasteiger partial charge in [0.25, 0.3) is 5.91 Å². The van der Waals surface area contributed by atoms with Crippen LogP contribution in [0.25, 0.3) is 10.9 Å². The zero-order valence-electron chi connectivity index (χ0n) is 18.7. The number of benzene rings is 2. The molecule has 0 atom stereocenters. The van der Waals surface area contributed by atoms with Gasteiger partial charge >= 0.3 is 11.8 Å². The van der Waals surface area contributed by atoms with Gasteiger partial charge in [-0.1, -0.05) is 41.3 Å². The molecule has 1 heterocycles. The second-order valence-electron chi connectivity index (χ2n) is 8.65. The van der Waals surface area contributed by atoms with E-state index in [9.17, 15) is 14.4 Å². The quantitative estimate of drug-likeness (QED) is 0.440. The number of carbonyl (C=O) groups is 3. The van der Waals surface area contributed by atoms with Gasteiger partial charge in [0.1, 0.15) is 5.69 Å². The predicted molar refractivity (Wildman–Crippen MR) is 133 cm³/mol. The van der Waals surface area contributed by atoms with E-state index in [1.54, 1.807) is 12.1 Å². The van der Waals surface area contributed by atoms with Crippen LogP contribution in [0.15, 0.2) is 46.9 Å². The van der Waals surface area contributed by atoms with Crippen LogP contribution in [0, 0.1) is 13.8 Å². The molecule has 0 spiro atoms. The van der Waals surface area contributed by atoms with Gasteiger partial charge < -0.3 is 10.6 Å². The van der Waals surface area contributed by atoms with E-state index in [0.29, 0.717) is 11.2 Å². The maximum atomic E-state index is 13.2. The summed E-state index contributed by atoms with van der Waals surface area (Å²) in [4.78, 5) is 38.4. The summed E-state index contributed by atoms with van der Waals surface area (Å²) in [5.74, 6) is -1.89. The van der Waals surface area contributed by atoms with Crippen LogP contribution in [0.5, 0.6) is 0 Å². The number of hydrogen-bond donors (Lipinski definition) is 3. The Kier molecular flexibility index (Phi) is 6.83. The van der Waals surface area contributed by atoms with Gasteiger partial charge in [-0.25, -0.2) is 4.68 Å². The zero-order chi connectivity index (χ0) is 23.5. The Morgan fingerprint density at radius 3 is 2.30 bits per heavy atom. The van der Waals surface area contributed by atoms with Gasteiger partial charge in [0.05, 0.1) is 5.52 Å². The average Bonchev–Trinajstić information content (AvgIpc) is 3.11. The summed E-state index contributed by atoms with van der Waals surface area (Å²) < 4.78 is 2.22. The molecular formula is C25H27BrN4O3. The fourth-order valence-electron chi connectivity index (χ4n) is 4.37. The number of aromatic nitrogens is 1. The molecule has 0 aliphatic heterocycles. The third-order valence-corrected chi connectivity index (χ3v) is 6.33. The number of halogens is 1. The van der Waals surface area contributed by atoms with E-state index in [1.807, 2.05) is 44.2 Å². The first-order valence-corrected chi connectivity index (χ1v) is 11.9. The SMILES string of the molecule is Cc1cc(C)cc(NC(=O)c2cc3cc(Br)ccc3n2NC(=O)C(=O)NC2CCCCC2)c1. The molecule has 1 aliphatic rings. The molecule has 0 radical (unpaired) electrons. The van der Waals surface area contributed by atoms with Crippen molar-refractivity contribution in [1.82, 2.24) is 9.99 Å². The highest BCUT2D eigenvalue weighted by molar-refractivity contribution is 9.10. The fraction of sp³-hybridized carbons (Fsp3) is 0.320. The number of rotatable bonds is 4.